The number of nitro groups is 1. The molecule has 0 spiro atoms. The molecule has 0 saturated carbocycles. The fourth-order valence-corrected chi connectivity index (χ4v) is 4.93. The summed E-state index contributed by atoms with van der Waals surface area (Å²) in [4.78, 5) is 22.5. The second-order valence-electron chi connectivity index (χ2n) is 5.80. The van der Waals surface area contributed by atoms with Crippen LogP contribution in [0.1, 0.15) is 17.3 Å². The van der Waals surface area contributed by atoms with Crippen molar-refractivity contribution in [1.82, 2.24) is 0 Å². The normalized spacial score (nSPS) is 11.1. The van der Waals surface area contributed by atoms with Crippen LogP contribution < -0.4 is 4.72 Å². The number of nitrogens with zero attached hydrogens (tertiary/aromatic N) is 1. The number of non-ortho nitro benzene ring substituents is 1. The average molecular weight is 432 g/mol. The first-order valence-corrected chi connectivity index (χ1v) is 10.8. The van der Waals surface area contributed by atoms with Gasteiger partial charge in [-0.15, -0.1) is 11.3 Å². The molecule has 1 N–H and O–H groups in total. The fraction of sp³-hybridized carbons (Fsp3) is 0.105. The molecule has 0 aliphatic carbocycles. The van der Waals surface area contributed by atoms with Crippen molar-refractivity contribution < 1.29 is 22.9 Å². The fourth-order valence-electron chi connectivity index (χ4n) is 2.61. The van der Waals surface area contributed by atoms with Crippen LogP contribution in [0.5, 0.6) is 0 Å². The Labute approximate surface area is 171 Å². The van der Waals surface area contributed by atoms with Crippen LogP contribution in [-0.4, -0.2) is 25.9 Å². The Kier molecular flexibility index (Phi) is 5.95. The van der Waals surface area contributed by atoms with Crippen molar-refractivity contribution >= 4 is 38.0 Å². The third kappa shape index (κ3) is 4.44. The van der Waals surface area contributed by atoms with Gasteiger partial charge in [0.25, 0.3) is 15.7 Å². The number of carbonyl (C=O) groups is 1. The van der Waals surface area contributed by atoms with Crippen LogP contribution in [0.2, 0.25) is 0 Å². The number of anilines is 1. The van der Waals surface area contributed by atoms with Crippen molar-refractivity contribution in [3.63, 3.8) is 0 Å². The van der Waals surface area contributed by atoms with E-state index >= 15 is 0 Å². The minimum Gasteiger partial charge on any atom is -0.462 e. The number of carbonyl (C=O) groups excluding carboxylic acids is 1. The summed E-state index contributed by atoms with van der Waals surface area (Å²) in [6, 6.07) is 13.7. The van der Waals surface area contributed by atoms with Gasteiger partial charge in [-0.05, 0) is 18.6 Å². The van der Waals surface area contributed by atoms with E-state index in [1.165, 1.54) is 18.2 Å². The second-order valence-corrected chi connectivity index (χ2v) is 8.36. The molecule has 8 nitrogen and oxygen atoms in total. The van der Waals surface area contributed by atoms with Crippen LogP contribution in [0.25, 0.3) is 11.1 Å². The van der Waals surface area contributed by atoms with E-state index in [9.17, 15) is 23.3 Å². The molecular formula is C19H16N2O6S2. The van der Waals surface area contributed by atoms with E-state index in [0.29, 0.717) is 5.56 Å². The van der Waals surface area contributed by atoms with E-state index in [1.54, 1.807) is 36.6 Å². The number of benzene rings is 2. The Morgan fingerprint density at radius 3 is 2.55 bits per heavy atom. The molecule has 0 radical (unpaired) electrons. The number of hydrogen-bond acceptors (Lipinski definition) is 7. The van der Waals surface area contributed by atoms with Crippen LogP contribution in [0.3, 0.4) is 0 Å². The van der Waals surface area contributed by atoms with Crippen LogP contribution in [-0.2, 0) is 14.8 Å². The Morgan fingerprint density at radius 2 is 1.90 bits per heavy atom. The second kappa shape index (κ2) is 8.41. The molecule has 1 aromatic heterocycles. The maximum atomic E-state index is 12.8. The maximum Gasteiger partial charge on any atom is 0.341 e. The van der Waals surface area contributed by atoms with Gasteiger partial charge in [0.2, 0.25) is 0 Å². The van der Waals surface area contributed by atoms with Gasteiger partial charge in [0.1, 0.15) is 10.6 Å². The largest absolute Gasteiger partial charge is 0.462 e. The van der Waals surface area contributed by atoms with Gasteiger partial charge < -0.3 is 4.74 Å². The van der Waals surface area contributed by atoms with E-state index in [-0.39, 0.29) is 27.8 Å². The van der Waals surface area contributed by atoms with E-state index < -0.39 is 20.9 Å². The first kappa shape index (κ1) is 20.5. The third-order valence-electron chi connectivity index (χ3n) is 3.92. The van der Waals surface area contributed by atoms with Gasteiger partial charge >= 0.3 is 5.97 Å². The predicted molar refractivity (Wildman–Crippen MR) is 110 cm³/mol. The molecule has 150 valence electrons. The summed E-state index contributed by atoms with van der Waals surface area (Å²) in [6.07, 6.45) is 0. The van der Waals surface area contributed by atoms with Gasteiger partial charge in [-0.3, -0.25) is 14.8 Å². The smallest absolute Gasteiger partial charge is 0.341 e. The summed E-state index contributed by atoms with van der Waals surface area (Å²) >= 11 is 1.03. The number of nitrogens with one attached hydrogen (secondary N) is 1. The first-order chi connectivity index (χ1) is 13.8. The monoisotopic (exact) mass is 432 g/mol. The highest BCUT2D eigenvalue weighted by atomic mass is 32.2. The van der Waals surface area contributed by atoms with Crippen LogP contribution in [0.15, 0.2) is 64.9 Å². The average Bonchev–Trinajstić information content (AvgIpc) is 3.12. The van der Waals surface area contributed by atoms with Crippen molar-refractivity contribution in [2.75, 3.05) is 11.3 Å². The summed E-state index contributed by atoms with van der Waals surface area (Å²) in [5.74, 6) is -0.663. The highest BCUT2D eigenvalue weighted by Crippen LogP contribution is 2.37. The van der Waals surface area contributed by atoms with Gasteiger partial charge in [0, 0.05) is 23.1 Å². The summed E-state index contributed by atoms with van der Waals surface area (Å²) in [5, 5.41) is 12.7. The Balaban J connectivity index is 2.05. The Morgan fingerprint density at radius 1 is 1.17 bits per heavy atom. The Hall–Kier alpha value is -3.24. The zero-order valence-corrected chi connectivity index (χ0v) is 16.8. The molecule has 3 aromatic rings. The number of sulfonamides is 1. The minimum atomic E-state index is -4.16. The first-order valence-electron chi connectivity index (χ1n) is 8.44. The lowest BCUT2D eigenvalue weighted by molar-refractivity contribution is -0.385. The molecular weight excluding hydrogens is 416 g/mol. The highest BCUT2D eigenvalue weighted by Gasteiger charge is 2.26. The number of rotatable bonds is 7. The highest BCUT2D eigenvalue weighted by molar-refractivity contribution is 7.93. The van der Waals surface area contributed by atoms with Gasteiger partial charge in [-0.25, -0.2) is 13.2 Å². The van der Waals surface area contributed by atoms with Gasteiger partial charge in [0.05, 0.1) is 16.4 Å². The molecule has 0 unspecified atom stereocenters. The zero-order chi connectivity index (χ0) is 21.0. The molecule has 0 fully saturated rings. The topological polar surface area (TPSA) is 116 Å². The van der Waals surface area contributed by atoms with E-state index in [2.05, 4.69) is 4.72 Å². The maximum absolute atomic E-state index is 12.8. The molecule has 3 rings (SSSR count). The van der Waals surface area contributed by atoms with Gasteiger partial charge in [-0.2, -0.15) is 0 Å². The number of hydrogen-bond donors (Lipinski definition) is 1. The molecule has 29 heavy (non-hydrogen) atoms. The van der Waals surface area contributed by atoms with Gasteiger partial charge in [-0.1, -0.05) is 36.4 Å². The molecule has 0 atom stereocenters. The molecule has 0 aliphatic heterocycles. The number of esters is 1. The molecule has 2 aromatic carbocycles. The van der Waals surface area contributed by atoms with Crippen molar-refractivity contribution in [2.24, 2.45) is 0 Å². The van der Waals surface area contributed by atoms with Crippen molar-refractivity contribution in [3.8, 4) is 11.1 Å². The van der Waals surface area contributed by atoms with E-state index in [0.717, 1.165) is 23.0 Å². The van der Waals surface area contributed by atoms with E-state index in [1.807, 2.05) is 6.07 Å². The molecule has 0 amide bonds. The lowest BCUT2D eigenvalue weighted by Gasteiger charge is -2.10. The van der Waals surface area contributed by atoms with Crippen LogP contribution in [0, 0.1) is 10.1 Å². The molecule has 0 aliphatic rings. The minimum absolute atomic E-state index is 0.0776. The van der Waals surface area contributed by atoms with Crippen LogP contribution in [0.4, 0.5) is 10.7 Å². The van der Waals surface area contributed by atoms with Crippen LogP contribution >= 0.6 is 11.3 Å². The standard InChI is InChI=1S/C19H16N2O6S2/c1-2-27-19(22)17-16(13-7-4-3-5-8-13)12-28-18(17)20-29(25,26)15-10-6-9-14(11-15)21(23)24/h3-12,20H,2H2,1H3. The predicted octanol–water partition coefficient (Wildman–Crippen LogP) is 4.30. The summed E-state index contributed by atoms with van der Waals surface area (Å²) in [5.41, 5.74) is 1.00. The molecule has 10 heteroatoms. The summed E-state index contributed by atoms with van der Waals surface area (Å²) in [7, 11) is -4.16. The van der Waals surface area contributed by atoms with Crippen molar-refractivity contribution in [3.05, 3.63) is 75.7 Å². The quantitative estimate of drug-likeness (QED) is 0.338. The number of ether oxygens (including phenoxy) is 1. The Bertz CT molecular complexity index is 1160. The summed E-state index contributed by atoms with van der Waals surface area (Å²) < 4.78 is 33.0. The number of nitro benzene ring substituents is 1. The summed E-state index contributed by atoms with van der Waals surface area (Å²) in [6.45, 7) is 1.78. The zero-order valence-electron chi connectivity index (χ0n) is 15.2. The number of thiophene rings is 1. The van der Waals surface area contributed by atoms with Crippen molar-refractivity contribution in [1.29, 1.82) is 0 Å². The molecule has 1 heterocycles. The third-order valence-corrected chi connectivity index (χ3v) is 6.29. The molecule has 0 bridgehead atoms. The van der Waals surface area contributed by atoms with Gasteiger partial charge in [0.15, 0.2) is 0 Å². The van der Waals surface area contributed by atoms with E-state index in [4.69, 9.17) is 4.74 Å². The lowest BCUT2D eigenvalue weighted by atomic mass is 10.0. The van der Waals surface area contributed by atoms with Crippen molar-refractivity contribution in [2.45, 2.75) is 11.8 Å². The lowest BCUT2D eigenvalue weighted by Crippen LogP contribution is -2.15. The SMILES string of the molecule is CCOC(=O)c1c(-c2ccccc2)csc1NS(=O)(=O)c1cccc([N+](=O)[O-])c1. The molecule has 0 saturated heterocycles.